The highest BCUT2D eigenvalue weighted by Gasteiger charge is 2.27. The molecule has 1 aromatic carbocycles. The number of carbonyl (C=O) groups excluding carboxylic acids is 2. The quantitative estimate of drug-likeness (QED) is 0.445. The summed E-state index contributed by atoms with van der Waals surface area (Å²) in [6, 6.07) is 8.77. The minimum Gasteiger partial charge on any atom is -0.496 e. The number of para-hydroxylation sites is 1. The van der Waals surface area contributed by atoms with E-state index in [1.54, 1.807) is 31.2 Å². The highest BCUT2D eigenvalue weighted by atomic mass is 35.5. The minimum atomic E-state index is -1.05. The Bertz CT molecular complexity index is 909. The Kier molecular flexibility index (Phi) is 8.89. The summed E-state index contributed by atoms with van der Waals surface area (Å²) in [7, 11) is 1.53. The van der Waals surface area contributed by atoms with E-state index in [1.165, 1.54) is 29.4 Å². The van der Waals surface area contributed by atoms with E-state index in [-0.39, 0.29) is 12.5 Å². The third-order valence-corrected chi connectivity index (χ3v) is 5.45. The molecule has 6 nitrogen and oxygen atoms in total. The van der Waals surface area contributed by atoms with Crippen LogP contribution in [0, 0.1) is 5.92 Å². The third-order valence-electron chi connectivity index (χ3n) is 4.15. The summed E-state index contributed by atoms with van der Waals surface area (Å²) in [4.78, 5) is 26.1. The van der Waals surface area contributed by atoms with Gasteiger partial charge >= 0.3 is 5.97 Å². The van der Waals surface area contributed by atoms with E-state index in [2.05, 4.69) is 0 Å². The van der Waals surface area contributed by atoms with Crippen molar-refractivity contribution >= 4 is 39.8 Å². The van der Waals surface area contributed by atoms with Gasteiger partial charge in [-0.2, -0.15) is 0 Å². The van der Waals surface area contributed by atoms with Crippen molar-refractivity contribution in [2.24, 2.45) is 5.92 Å². The molecule has 0 saturated heterocycles. The number of esters is 1. The number of hydrogen-bond donors (Lipinski definition) is 1. The molecule has 2 rings (SSSR count). The molecule has 0 fully saturated rings. The lowest BCUT2D eigenvalue weighted by atomic mass is 10.0. The zero-order valence-corrected chi connectivity index (χ0v) is 19.0. The van der Waals surface area contributed by atoms with Gasteiger partial charge in [-0.15, -0.1) is 11.3 Å². The molecule has 30 heavy (non-hydrogen) atoms. The van der Waals surface area contributed by atoms with Crippen LogP contribution in [-0.2, 0) is 14.3 Å². The van der Waals surface area contributed by atoms with Crippen LogP contribution >= 0.6 is 22.9 Å². The molecule has 1 amide bonds. The van der Waals surface area contributed by atoms with Crippen molar-refractivity contribution in [2.75, 3.05) is 25.2 Å². The highest BCUT2D eigenvalue weighted by Crippen LogP contribution is 2.42. The molecule has 8 heteroatoms. The Morgan fingerprint density at radius 1 is 1.23 bits per heavy atom. The maximum atomic E-state index is 12.9. The van der Waals surface area contributed by atoms with Crippen LogP contribution < -0.4 is 9.64 Å². The molecule has 0 aliphatic rings. The molecule has 0 saturated carbocycles. The van der Waals surface area contributed by atoms with E-state index in [1.807, 2.05) is 19.9 Å². The van der Waals surface area contributed by atoms with E-state index in [0.717, 1.165) is 6.08 Å². The van der Waals surface area contributed by atoms with Gasteiger partial charge in [-0.25, -0.2) is 4.79 Å². The standard InChI is InChI=1S/C22H26ClNO5S/c1-5-29-20(26)11-10-19(25)24(13-14(2)3)22-16(12-18(23)30-22)21(27)15-8-6-7-9-17(15)28-4/h6-12,14,21,27H,5,13H2,1-4H3. The molecule has 1 heterocycles. The summed E-state index contributed by atoms with van der Waals surface area (Å²) in [6.45, 7) is 6.25. The number of anilines is 1. The Hall–Kier alpha value is -2.35. The maximum Gasteiger partial charge on any atom is 0.330 e. The molecule has 1 aromatic heterocycles. The number of aliphatic hydroxyl groups excluding tert-OH is 1. The first-order valence-electron chi connectivity index (χ1n) is 9.55. The van der Waals surface area contributed by atoms with Crippen LogP contribution in [0.1, 0.15) is 38.0 Å². The first-order chi connectivity index (χ1) is 14.3. The van der Waals surface area contributed by atoms with Crippen molar-refractivity contribution in [3.05, 3.63) is 57.9 Å². The van der Waals surface area contributed by atoms with Crippen molar-refractivity contribution in [3.63, 3.8) is 0 Å². The van der Waals surface area contributed by atoms with Crippen LogP contribution in [0.2, 0.25) is 4.34 Å². The number of ether oxygens (including phenoxy) is 2. The predicted octanol–water partition coefficient (Wildman–Crippen LogP) is 4.60. The zero-order chi connectivity index (χ0) is 22.3. The molecule has 1 unspecified atom stereocenters. The molecule has 0 radical (unpaired) electrons. The summed E-state index contributed by atoms with van der Waals surface area (Å²) in [5.41, 5.74) is 1.06. The van der Waals surface area contributed by atoms with E-state index in [9.17, 15) is 14.7 Å². The molecule has 1 atom stereocenters. The van der Waals surface area contributed by atoms with Crippen molar-refractivity contribution in [1.82, 2.24) is 0 Å². The van der Waals surface area contributed by atoms with Gasteiger partial charge < -0.3 is 14.6 Å². The minimum absolute atomic E-state index is 0.141. The van der Waals surface area contributed by atoms with Crippen LogP contribution in [0.25, 0.3) is 0 Å². The van der Waals surface area contributed by atoms with Crippen LogP contribution in [0.5, 0.6) is 5.75 Å². The average Bonchev–Trinajstić information content (AvgIpc) is 3.11. The number of halogens is 1. The number of benzene rings is 1. The smallest absolute Gasteiger partial charge is 0.330 e. The summed E-state index contributed by atoms with van der Waals surface area (Å²) < 4.78 is 10.6. The Morgan fingerprint density at radius 3 is 2.57 bits per heavy atom. The van der Waals surface area contributed by atoms with Crippen molar-refractivity contribution < 1.29 is 24.2 Å². The van der Waals surface area contributed by atoms with Gasteiger partial charge in [0.1, 0.15) is 16.9 Å². The molecular formula is C22H26ClNO5S. The maximum absolute atomic E-state index is 12.9. The second kappa shape index (κ2) is 11.2. The van der Waals surface area contributed by atoms with E-state index in [4.69, 9.17) is 21.1 Å². The summed E-state index contributed by atoms with van der Waals surface area (Å²) in [5.74, 6) is -0.318. The number of carbonyl (C=O) groups is 2. The SMILES string of the molecule is CCOC(=O)C=CC(=O)N(CC(C)C)c1sc(Cl)cc1C(O)c1ccccc1OC. The molecule has 0 aliphatic carbocycles. The lowest BCUT2D eigenvalue weighted by Gasteiger charge is -2.25. The van der Waals surface area contributed by atoms with Crippen molar-refractivity contribution in [3.8, 4) is 5.75 Å². The second-order valence-corrected chi connectivity index (χ2v) is 8.55. The number of thiophene rings is 1. The molecular weight excluding hydrogens is 426 g/mol. The van der Waals surface area contributed by atoms with Gasteiger partial charge in [0.25, 0.3) is 5.91 Å². The molecule has 0 aliphatic heterocycles. The van der Waals surface area contributed by atoms with E-state index in [0.29, 0.717) is 32.8 Å². The molecule has 162 valence electrons. The van der Waals surface area contributed by atoms with E-state index >= 15 is 0 Å². The molecule has 1 N–H and O–H groups in total. The van der Waals surface area contributed by atoms with Gasteiger partial charge in [-0.05, 0) is 25.0 Å². The first-order valence-corrected chi connectivity index (χ1v) is 10.7. The van der Waals surface area contributed by atoms with Crippen molar-refractivity contribution in [1.29, 1.82) is 0 Å². The van der Waals surface area contributed by atoms with Crippen molar-refractivity contribution in [2.45, 2.75) is 26.9 Å². The van der Waals surface area contributed by atoms with Crippen LogP contribution in [0.3, 0.4) is 0 Å². The zero-order valence-electron chi connectivity index (χ0n) is 17.4. The second-order valence-electron chi connectivity index (χ2n) is 6.88. The average molecular weight is 452 g/mol. The summed E-state index contributed by atoms with van der Waals surface area (Å²) in [5, 5.41) is 11.6. The predicted molar refractivity (Wildman–Crippen MR) is 119 cm³/mol. The normalized spacial score (nSPS) is 12.2. The van der Waals surface area contributed by atoms with Gasteiger partial charge in [0.2, 0.25) is 0 Å². The summed E-state index contributed by atoms with van der Waals surface area (Å²) >= 11 is 7.46. The third kappa shape index (κ3) is 6.08. The Morgan fingerprint density at radius 2 is 1.93 bits per heavy atom. The number of methoxy groups -OCH3 is 1. The fourth-order valence-electron chi connectivity index (χ4n) is 2.89. The Balaban J connectivity index is 2.45. The fourth-order valence-corrected chi connectivity index (χ4v) is 4.16. The van der Waals surface area contributed by atoms with E-state index < -0.39 is 18.0 Å². The van der Waals surface area contributed by atoms with Gasteiger partial charge in [0.15, 0.2) is 0 Å². The number of amides is 1. The van der Waals surface area contributed by atoms with Crippen LogP contribution in [0.4, 0.5) is 5.00 Å². The fraction of sp³-hybridized carbons (Fsp3) is 0.364. The van der Waals surface area contributed by atoms with Gasteiger partial charge in [0, 0.05) is 29.8 Å². The molecule has 0 bridgehead atoms. The first kappa shape index (κ1) is 23.9. The number of hydrogen-bond acceptors (Lipinski definition) is 6. The monoisotopic (exact) mass is 451 g/mol. The molecule has 0 spiro atoms. The Labute approximate surface area is 185 Å². The topological polar surface area (TPSA) is 76.1 Å². The number of aliphatic hydroxyl groups is 1. The van der Waals surface area contributed by atoms with Crippen LogP contribution in [0.15, 0.2) is 42.5 Å². The van der Waals surface area contributed by atoms with Gasteiger partial charge in [-0.3, -0.25) is 9.69 Å². The number of nitrogens with zero attached hydrogens (tertiary/aromatic N) is 1. The van der Waals surface area contributed by atoms with Gasteiger partial charge in [-0.1, -0.05) is 43.6 Å². The van der Waals surface area contributed by atoms with Gasteiger partial charge in [0.05, 0.1) is 18.1 Å². The molecule has 2 aromatic rings. The largest absolute Gasteiger partial charge is 0.496 e. The highest BCUT2D eigenvalue weighted by molar-refractivity contribution is 7.20. The lowest BCUT2D eigenvalue weighted by molar-refractivity contribution is -0.137. The summed E-state index contributed by atoms with van der Waals surface area (Å²) in [6.07, 6.45) is 1.23. The van der Waals surface area contributed by atoms with Crippen LogP contribution in [-0.4, -0.2) is 37.2 Å². The number of rotatable bonds is 9. The lowest BCUT2D eigenvalue weighted by Crippen LogP contribution is -2.33.